The standard InChI is InChI=1S/C9H18N2O5S/c1-7(9(13)14)6-11(17(3,15)16)5-4-10-8(2)12/h7H,4-6H2,1-3H3,(H,10,12)(H,13,14). The van der Waals surface area contributed by atoms with E-state index < -0.39 is 21.9 Å². The Kier molecular flexibility index (Phi) is 6.11. The molecule has 2 N–H and O–H groups in total. The molecule has 0 aromatic heterocycles. The summed E-state index contributed by atoms with van der Waals surface area (Å²) in [5.74, 6) is -2.11. The van der Waals surface area contributed by atoms with Crippen LogP contribution in [0.5, 0.6) is 0 Å². The van der Waals surface area contributed by atoms with Crippen molar-refractivity contribution in [3.63, 3.8) is 0 Å². The zero-order chi connectivity index (χ0) is 13.6. The van der Waals surface area contributed by atoms with Crippen LogP contribution in [0.2, 0.25) is 0 Å². The first-order valence-electron chi connectivity index (χ1n) is 5.07. The van der Waals surface area contributed by atoms with Crippen LogP contribution in [-0.2, 0) is 19.6 Å². The molecule has 0 aliphatic heterocycles. The van der Waals surface area contributed by atoms with Crippen molar-refractivity contribution in [3.8, 4) is 0 Å². The van der Waals surface area contributed by atoms with Crippen LogP contribution < -0.4 is 5.32 Å². The molecule has 0 aliphatic carbocycles. The molecule has 100 valence electrons. The Morgan fingerprint density at radius 2 is 1.94 bits per heavy atom. The Balaban J connectivity index is 4.46. The molecular weight excluding hydrogens is 248 g/mol. The minimum atomic E-state index is -3.47. The van der Waals surface area contributed by atoms with Gasteiger partial charge in [0, 0.05) is 26.6 Å². The first kappa shape index (κ1) is 15.9. The molecule has 7 nitrogen and oxygen atoms in total. The number of amides is 1. The normalized spacial score (nSPS) is 13.4. The topological polar surface area (TPSA) is 104 Å². The number of aliphatic carboxylic acids is 1. The number of nitrogens with zero attached hydrogens (tertiary/aromatic N) is 1. The molecule has 1 amide bonds. The molecule has 8 heteroatoms. The van der Waals surface area contributed by atoms with Crippen molar-refractivity contribution in [2.45, 2.75) is 13.8 Å². The lowest BCUT2D eigenvalue weighted by Gasteiger charge is -2.21. The molecule has 0 radical (unpaired) electrons. The van der Waals surface area contributed by atoms with Gasteiger partial charge in [-0.3, -0.25) is 9.59 Å². The maximum absolute atomic E-state index is 11.4. The molecule has 0 saturated heterocycles. The van der Waals surface area contributed by atoms with Gasteiger partial charge in [0.25, 0.3) is 0 Å². The van der Waals surface area contributed by atoms with Gasteiger partial charge in [0.15, 0.2) is 0 Å². The second-order valence-corrected chi connectivity index (χ2v) is 5.83. The van der Waals surface area contributed by atoms with Crippen LogP contribution in [-0.4, -0.2) is 55.6 Å². The van der Waals surface area contributed by atoms with Gasteiger partial charge < -0.3 is 10.4 Å². The van der Waals surface area contributed by atoms with E-state index in [4.69, 9.17) is 5.11 Å². The zero-order valence-corrected chi connectivity index (χ0v) is 11.0. The summed E-state index contributed by atoms with van der Waals surface area (Å²) in [5, 5.41) is 11.2. The third-order valence-corrected chi connectivity index (χ3v) is 3.37. The Hall–Kier alpha value is -1.15. The Morgan fingerprint density at radius 1 is 1.41 bits per heavy atom. The fraction of sp³-hybridized carbons (Fsp3) is 0.778. The van der Waals surface area contributed by atoms with Gasteiger partial charge >= 0.3 is 5.97 Å². The third kappa shape index (κ3) is 6.90. The first-order valence-corrected chi connectivity index (χ1v) is 6.91. The third-order valence-electron chi connectivity index (χ3n) is 2.10. The van der Waals surface area contributed by atoms with E-state index >= 15 is 0 Å². The number of carboxylic acid groups (broad SMARTS) is 1. The monoisotopic (exact) mass is 266 g/mol. The fourth-order valence-electron chi connectivity index (χ4n) is 1.13. The predicted octanol–water partition coefficient (Wildman–Crippen LogP) is -0.895. The summed E-state index contributed by atoms with van der Waals surface area (Å²) in [4.78, 5) is 21.3. The van der Waals surface area contributed by atoms with Gasteiger partial charge in [-0.15, -0.1) is 0 Å². The second kappa shape index (κ2) is 6.55. The van der Waals surface area contributed by atoms with Gasteiger partial charge in [-0.1, -0.05) is 6.92 Å². The van der Waals surface area contributed by atoms with Crippen LogP contribution in [0.1, 0.15) is 13.8 Å². The molecule has 1 unspecified atom stereocenters. The summed E-state index contributed by atoms with van der Waals surface area (Å²) < 4.78 is 23.8. The SMILES string of the molecule is CC(=O)NCCN(CC(C)C(=O)O)S(C)(=O)=O. The van der Waals surface area contributed by atoms with Crippen molar-refractivity contribution in [2.75, 3.05) is 25.9 Å². The number of hydrogen-bond acceptors (Lipinski definition) is 4. The lowest BCUT2D eigenvalue weighted by Crippen LogP contribution is -2.41. The molecule has 1 atom stereocenters. The van der Waals surface area contributed by atoms with Crippen LogP contribution in [0.15, 0.2) is 0 Å². The van der Waals surface area contributed by atoms with E-state index in [1.807, 2.05) is 0 Å². The zero-order valence-electron chi connectivity index (χ0n) is 10.1. The van der Waals surface area contributed by atoms with Crippen LogP contribution in [0.4, 0.5) is 0 Å². The van der Waals surface area contributed by atoms with E-state index in [1.165, 1.54) is 13.8 Å². The number of rotatable bonds is 7. The quantitative estimate of drug-likeness (QED) is 0.622. The van der Waals surface area contributed by atoms with Crippen molar-refractivity contribution >= 4 is 21.9 Å². The number of nitrogens with one attached hydrogen (secondary N) is 1. The molecule has 0 spiro atoms. The lowest BCUT2D eigenvalue weighted by molar-refractivity contribution is -0.141. The van der Waals surface area contributed by atoms with Crippen molar-refractivity contribution in [2.24, 2.45) is 5.92 Å². The highest BCUT2D eigenvalue weighted by atomic mass is 32.2. The molecule has 0 saturated carbocycles. The van der Waals surface area contributed by atoms with Crippen LogP contribution in [0.25, 0.3) is 0 Å². The molecule has 0 aromatic rings. The summed E-state index contributed by atoms with van der Waals surface area (Å²) in [7, 11) is -3.47. The maximum Gasteiger partial charge on any atom is 0.307 e. The lowest BCUT2D eigenvalue weighted by atomic mass is 10.2. The van der Waals surface area contributed by atoms with E-state index in [9.17, 15) is 18.0 Å². The van der Waals surface area contributed by atoms with Gasteiger partial charge in [-0.2, -0.15) is 4.31 Å². The summed E-state index contributed by atoms with van der Waals surface area (Å²) in [6.45, 7) is 2.88. The number of carbonyl (C=O) groups is 2. The van der Waals surface area contributed by atoms with Gasteiger partial charge in [-0.25, -0.2) is 8.42 Å². The molecule has 17 heavy (non-hydrogen) atoms. The van der Waals surface area contributed by atoms with Crippen molar-refractivity contribution < 1.29 is 23.1 Å². The van der Waals surface area contributed by atoms with E-state index in [2.05, 4.69) is 5.32 Å². The Labute approximate surface area is 101 Å². The fourth-order valence-corrected chi connectivity index (χ4v) is 2.05. The average Bonchev–Trinajstić information content (AvgIpc) is 2.13. The van der Waals surface area contributed by atoms with E-state index in [0.717, 1.165) is 10.6 Å². The molecule has 0 bridgehead atoms. The van der Waals surface area contributed by atoms with Gasteiger partial charge in [0.1, 0.15) is 0 Å². The smallest absolute Gasteiger partial charge is 0.307 e. The molecule has 0 aromatic carbocycles. The van der Waals surface area contributed by atoms with Crippen LogP contribution >= 0.6 is 0 Å². The summed E-state index contributed by atoms with van der Waals surface area (Å²) >= 11 is 0. The molecule has 0 heterocycles. The van der Waals surface area contributed by atoms with Crippen LogP contribution in [0, 0.1) is 5.92 Å². The first-order chi connectivity index (χ1) is 7.64. The van der Waals surface area contributed by atoms with E-state index in [-0.39, 0.29) is 25.5 Å². The highest BCUT2D eigenvalue weighted by molar-refractivity contribution is 7.88. The molecule has 0 rings (SSSR count). The van der Waals surface area contributed by atoms with Gasteiger partial charge in [0.05, 0.1) is 12.2 Å². The largest absolute Gasteiger partial charge is 0.481 e. The van der Waals surface area contributed by atoms with Crippen molar-refractivity contribution in [1.29, 1.82) is 0 Å². The summed E-state index contributed by atoms with van der Waals surface area (Å²) in [6.07, 6.45) is 1.01. The molecule has 0 fully saturated rings. The maximum atomic E-state index is 11.4. The van der Waals surface area contributed by atoms with Gasteiger partial charge in [-0.05, 0) is 0 Å². The highest BCUT2D eigenvalue weighted by Crippen LogP contribution is 2.04. The summed E-state index contributed by atoms with van der Waals surface area (Å²) in [6, 6.07) is 0. The van der Waals surface area contributed by atoms with Crippen molar-refractivity contribution in [3.05, 3.63) is 0 Å². The number of hydrogen-bond donors (Lipinski definition) is 2. The number of carbonyl (C=O) groups excluding carboxylic acids is 1. The Bertz CT molecular complexity index is 379. The number of sulfonamides is 1. The minimum absolute atomic E-state index is 0.0655. The van der Waals surface area contributed by atoms with Crippen molar-refractivity contribution in [1.82, 2.24) is 9.62 Å². The Morgan fingerprint density at radius 3 is 2.29 bits per heavy atom. The van der Waals surface area contributed by atoms with Crippen LogP contribution in [0.3, 0.4) is 0 Å². The molecular formula is C9H18N2O5S. The average molecular weight is 266 g/mol. The van der Waals surface area contributed by atoms with Gasteiger partial charge in [0.2, 0.25) is 15.9 Å². The number of carboxylic acids is 1. The van der Waals surface area contributed by atoms with E-state index in [1.54, 1.807) is 0 Å². The van der Waals surface area contributed by atoms with E-state index in [0.29, 0.717) is 0 Å². The highest BCUT2D eigenvalue weighted by Gasteiger charge is 2.22. The molecule has 0 aliphatic rings. The minimum Gasteiger partial charge on any atom is -0.481 e. The summed E-state index contributed by atoms with van der Waals surface area (Å²) in [5.41, 5.74) is 0. The predicted molar refractivity (Wildman–Crippen MR) is 61.9 cm³/mol. The second-order valence-electron chi connectivity index (χ2n) is 3.84.